The standard InChI is InChI=1S/C9H7ClN2O/c1-12-8-3-2-4-11-7(8)5-6(10)9(12)13/h2-5H,1H3. The Morgan fingerprint density at radius 2 is 2.31 bits per heavy atom. The maximum absolute atomic E-state index is 11.4. The fourth-order valence-corrected chi connectivity index (χ4v) is 1.49. The lowest BCUT2D eigenvalue weighted by atomic mass is 10.3. The van der Waals surface area contributed by atoms with E-state index in [0.717, 1.165) is 11.0 Å². The van der Waals surface area contributed by atoms with E-state index in [1.54, 1.807) is 25.4 Å². The lowest BCUT2D eigenvalue weighted by Gasteiger charge is -2.03. The van der Waals surface area contributed by atoms with Crippen molar-refractivity contribution in [1.82, 2.24) is 9.55 Å². The number of pyridine rings is 2. The van der Waals surface area contributed by atoms with Crippen LogP contribution in [0.4, 0.5) is 0 Å². The zero-order valence-electron chi connectivity index (χ0n) is 6.99. The Hall–Kier alpha value is -1.35. The molecule has 0 aliphatic rings. The second-order valence-corrected chi connectivity index (χ2v) is 3.17. The summed E-state index contributed by atoms with van der Waals surface area (Å²) in [5.41, 5.74) is 1.33. The van der Waals surface area contributed by atoms with Crippen LogP contribution < -0.4 is 5.56 Å². The molecule has 0 aromatic carbocycles. The largest absolute Gasteiger partial charge is 0.309 e. The van der Waals surface area contributed by atoms with Gasteiger partial charge in [0.15, 0.2) is 0 Å². The van der Waals surface area contributed by atoms with Crippen LogP contribution in [0.5, 0.6) is 0 Å². The zero-order valence-corrected chi connectivity index (χ0v) is 7.75. The highest BCUT2D eigenvalue weighted by atomic mass is 35.5. The minimum Gasteiger partial charge on any atom is -0.309 e. The van der Waals surface area contributed by atoms with E-state index in [0.29, 0.717) is 0 Å². The first-order valence-corrected chi connectivity index (χ1v) is 4.18. The third-order valence-electron chi connectivity index (χ3n) is 1.95. The highest BCUT2D eigenvalue weighted by Gasteiger charge is 2.03. The third-order valence-corrected chi connectivity index (χ3v) is 2.22. The number of hydrogen-bond donors (Lipinski definition) is 0. The molecule has 0 saturated heterocycles. The van der Waals surface area contributed by atoms with Gasteiger partial charge >= 0.3 is 0 Å². The number of hydrogen-bond acceptors (Lipinski definition) is 2. The molecule has 4 heteroatoms. The predicted octanol–water partition coefficient (Wildman–Crippen LogP) is 1.59. The molecular formula is C9H7ClN2O. The lowest BCUT2D eigenvalue weighted by molar-refractivity contribution is 0.903. The molecule has 2 rings (SSSR count). The molecule has 0 aliphatic heterocycles. The van der Waals surface area contributed by atoms with Gasteiger partial charge in [-0.1, -0.05) is 11.6 Å². The fourth-order valence-electron chi connectivity index (χ4n) is 1.26. The smallest absolute Gasteiger partial charge is 0.269 e. The Morgan fingerprint density at radius 3 is 3.08 bits per heavy atom. The molecule has 0 aliphatic carbocycles. The van der Waals surface area contributed by atoms with Gasteiger partial charge in [0, 0.05) is 13.2 Å². The van der Waals surface area contributed by atoms with E-state index in [2.05, 4.69) is 4.98 Å². The molecule has 0 bridgehead atoms. The molecule has 0 fully saturated rings. The van der Waals surface area contributed by atoms with Crippen LogP contribution in [0.3, 0.4) is 0 Å². The molecule has 66 valence electrons. The van der Waals surface area contributed by atoms with Crippen molar-refractivity contribution in [3.63, 3.8) is 0 Å². The Morgan fingerprint density at radius 1 is 1.54 bits per heavy atom. The summed E-state index contributed by atoms with van der Waals surface area (Å²) in [6.45, 7) is 0. The van der Waals surface area contributed by atoms with Crippen LogP contribution in [0.1, 0.15) is 0 Å². The van der Waals surface area contributed by atoms with Crippen molar-refractivity contribution in [3.05, 3.63) is 39.8 Å². The molecule has 0 N–H and O–H groups in total. The Kier molecular flexibility index (Phi) is 1.81. The van der Waals surface area contributed by atoms with Crippen LogP contribution in [-0.2, 0) is 7.05 Å². The first-order chi connectivity index (χ1) is 6.20. The number of aryl methyl sites for hydroxylation is 1. The summed E-state index contributed by atoms with van der Waals surface area (Å²) >= 11 is 5.72. The van der Waals surface area contributed by atoms with Crippen molar-refractivity contribution in [2.24, 2.45) is 7.05 Å². The molecule has 0 spiro atoms. The second kappa shape index (κ2) is 2.85. The van der Waals surface area contributed by atoms with Gasteiger partial charge in [0.05, 0.1) is 11.0 Å². The maximum Gasteiger partial charge on any atom is 0.269 e. The Labute approximate surface area is 79.6 Å². The third kappa shape index (κ3) is 1.21. The molecular weight excluding hydrogens is 188 g/mol. The monoisotopic (exact) mass is 194 g/mol. The summed E-state index contributed by atoms with van der Waals surface area (Å²) in [5.74, 6) is 0. The summed E-state index contributed by atoms with van der Waals surface area (Å²) in [5, 5.41) is 0.203. The molecule has 0 amide bonds. The van der Waals surface area contributed by atoms with Gasteiger partial charge < -0.3 is 4.57 Å². The van der Waals surface area contributed by atoms with Crippen LogP contribution in [0.15, 0.2) is 29.2 Å². The quantitative estimate of drug-likeness (QED) is 0.639. The van der Waals surface area contributed by atoms with E-state index in [-0.39, 0.29) is 10.6 Å². The van der Waals surface area contributed by atoms with Gasteiger partial charge in [-0.25, -0.2) is 0 Å². The number of rotatable bonds is 0. The van der Waals surface area contributed by atoms with Crippen molar-refractivity contribution in [2.75, 3.05) is 0 Å². The second-order valence-electron chi connectivity index (χ2n) is 2.76. The minimum absolute atomic E-state index is 0.192. The number of nitrogens with zero attached hydrogens (tertiary/aromatic N) is 2. The Balaban J connectivity index is 3.02. The fraction of sp³-hybridized carbons (Fsp3) is 0.111. The molecule has 0 radical (unpaired) electrons. The first kappa shape index (κ1) is 8.26. The van der Waals surface area contributed by atoms with Gasteiger partial charge in [0.2, 0.25) is 0 Å². The zero-order chi connectivity index (χ0) is 9.42. The van der Waals surface area contributed by atoms with Crippen LogP contribution >= 0.6 is 11.6 Å². The van der Waals surface area contributed by atoms with Crippen molar-refractivity contribution >= 4 is 22.6 Å². The van der Waals surface area contributed by atoms with Gasteiger partial charge in [-0.15, -0.1) is 0 Å². The number of halogens is 1. The Bertz CT molecular complexity index is 518. The van der Waals surface area contributed by atoms with Crippen LogP contribution in [0.2, 0.25) is 5.02 Å². The average Bonchev–Trinajstić information content (AvgIpc) is 2.15. The maximum atomic E-state index is 11.4. The first-order valence-electron chi connectivity index (χ1n) is 3.80. The van der Waals surface area contributed by atoms with E-state index in [1.165, 1.54) is 4.57 Å². The van der Waals surface area contributed by atoms with Crippen LogP contribution in [0.25, 0.3) is 11.0 Å². The van der Waals surface area contributed by atoms with Gasteiger partial charge in [-0.3, -0.25) is 9.78 Å². The molecule has 2 aromatic heterocycles. The average molecular weight is 195 g/mol. The summed E-state index contributed by atoms with van der Waals surface area (Å²) in [7, 11) is 1.68. The minimum atomic E-state index is -0.192. The molecule has 2 heterocycles. The van der Waals surface area contributed by atoms with Crippen molar-refractivity contribution < 1.29 is 0 Å². The van der Waals surface area contributed by atoms with E-state index in [9.17, 15) is 4.79 Å². The van der Waals surface area contributed by atoms with Crippen LogP contribution in [0, 0.1) is 0 Å². The van der Waals surface area contributed by atoms with E-state index >= 15 is 0 Å². The summed E-state index contributed by atoms with van der Waals surface area (Å²) in [6, 6.07) is 5.20. The molecule has 13 heavy (non-hydrogen) atoms. The highest BCUT2D eigenvalue weighted by Crippen LogP contribution is 2.11. The number of fused-ring (bicyclic) bond motifs is 1. The van der Waals surface area contributed by atoms with Gasteiger partial charge in [-0.05, 0) is 18.2 Å². The van der Waals surface area contributed by atoms with Crippen LogP contribution in [-0.4, -0.2) is 9.55 Å². The highest BCUT2D eigenvalue weighted by molar-refractivity contribution is 6.30. The van der Waals surface area contributed by atoms with E-state index in [4.69, 9.17) is 11.6 Å². The summed E-state index contributed by atoms with van der Waals surface area (Å²) in [4.78, 5) is 15.5. The number of aromatic nitrogens is 2. The normalized spacial score (nSPS) is 10.6. The molecule has 2 aromatic rings. The van der Waals surface area contributed by atoms with E-state index in [1.807, 2.05) is 6.07 Å². The SMILES string of the molecule is Cn1c(=O)c(Cl)cc2ncccc21. The lowest BCUT2D eigenvalue weighted by Crippen LogP contribution is -2.17. The van der Waals surface area contributed by atoms with Gasteiger partial charge in [-0.2, -0.15) is 0 Å². The summed E-state index contributed by atoms with van der Waals surface area (Å²) < 4.78 is 1.49. The summed E-state index contributed by atoms with van der Waals surface area (Å²) in [6.07, 6.45) is 1.67. The molecule has 0 saturated carbocycles. The van der Waals surface area contributed by atoms with Gasteiger partial charge in [0.25, 0.3) is 5.56 Å². The van der Waals surface area contributed by atoms with Crippen molar-refractivity contribution in [1.29, 1.82) is 0 Å². The van der Waals surface area contributed by atoms with Crippen molar-refractivity contribution in [2.45, 2.75) is 0 Å². The predicted molar refractivity (Wildman–Crippen MR) is 52.0 cm³/mol. The van der Waals surface area contributed by atoms with Gasteiger partial charge in [0.1, 0.15) is 5.02 Å². The molecule has 0 atom stereocenters. The topological polar surface area (TPSA) is 34.9 Å². The molecule has 0 unspecified atom stereocenters. The van der Waals surface area contributed by atoms with E-state index < -0.39 is 0 Å². The molecule has 3 nitrogen and oxygen atoms in total. The van der Waals surface area contributed by atoms with Crippen molar-refractivity contribution in [3.8, 4) is 0 Å².